The summed E-state index contributed by atoms with van der Waals surface area (Å²) in [6.07, 6.45) is 1.81. The maximum absolute atomic E-state index is 10.7. The fourth-order valence-electron chi connectivity index (χ4n) is 0.887. The Hall–Kier alpha value is -1.26. The van der Waals surface area contributed by atoms with E-state index < -0.39 is 18.0 Å². The van der Waals surface area contributed by atoms with Crippen molar-refractivity contribution in [2.24, 2.45) is 0 Å². The number of aliphatic hydroxyl groups is 2. The summed E-state index contributed by atoms with van der Waals surface area (Å²) in [6, 6.07) is 0. The van der Waals surface area contributed by atoms with Crippen LogP contribution in [-0.2, 0) is 9.59 Å². The third-order valence-corrected chi connectivity index (χ3v) is 1.56. The summed E-state index contributed by atoms with van der Waals surface area (Å²) < 4.78 is 0. The van der Waals surface area contributed by atoms with Crippen molar-refractivity contribution in [1.82, 2.24) is 0 Å². The predicted molar refractivity (Wildman–Crippen MR) is 40.3 cm³/mol. The van der Waals surface area contributed by atoms with Crippen LogP contribution in [-0.4, -0.2) is 34.5 Å². The number of carbonyl (C=O) groups is 2. The van der Waals surface area contributed by atoms with Crippen LogP contribution >= 0.6 is 0 Å². The Kier molecular flexibility index (Phi) is 2.52. The maximum atomic E-state index is 10.7. The minimum Gasteiger partial charge on any atom is -0.386 e. The highest BCUT2D eigenvalue weighted by molar-refractivity contribution is 6.34. The second-order valence-electron chi connectivity index (χ2n) is 2.44. The first-order valence-corrected chi connectivity index (χ1v) is 3.41. The van der Waals surface area contributed by atoms with Gasteiger partial charge in [0.05, 0.1) is 0 Å². The van der Waals surface area contributed by atoms with Crippen molar-refractivity contribution in [3.05, 3.63) is 23.8 Å². The van der Waals surface area contributed by atoms with Gasteiger partial charge in [0.1, 0.15) is 12.2 Å². The van der Waals surface area contributed by atoms with Crippen LogP contribution in [0.3, 0.4) is 0 Å². The zero-order valence-electron chi connectivity index (χ0n) is 6.18. The topological polar surface area (TPSA) is 74.6 Å². The zero-order chi connectivity index (χ0) is 9.14. The molecule has 2 unspecified atom stereocenters. The summed E-state index contributed by atoms with van der Waals surface area (Å²) in [5.74, 6) is -0.697. The van der Waals surface area contributed by atoms with Gasteiger partial charge < -0.3 is 10.2 Å². The second-order valence-corrected chi connectivity index (χ2v) is 2.44. The van der Waals surface area contributed by atoms with E-state index in [9.17, 15) is 9.59 Å². The molecule has 2 atom stereocenters. The van der Waals surface area contributed by atoms with E-state index in [0.717, 1.165) is 6.08 Å². The lowest BCUT2D eigenvalue weighted by Gasteiger charge is -2.15. The van der Waals surface area contributed by atoms with Crippen LogP contribution < -0.4 is 0 Å². The summed E-state index contributed by atoms with van der Waals surface area (Å²) >= 11 is 0. The fourth-order valence-corrected chi connectivity index (χ4v) is 0.887. The largest absolute Gasteiger partial charge is 0.386 e. The van der Waals surface area contributed by atoms with Gasteiger partial charge in [0.15, 0.2) is 6.29 Å². The van der Waals surface area contributed by atoms with E-state index in [-0.39, 0.29) is 11.9 Å². The molecule has 12 heavy (non-hydrogen) atoms. The number of hydrogen-bond donors (Lipinski definition) is 2. The number of aliphatic hydroxyl groups excluding tert-OH is 2. The van der Waals surface area contributed by atoms with Crippen molar-refractivity contribution in [2.45, 2.75) is 12.2 Å². The second kappa shape index (κ2) is 3.42. The molecule has 0 radical (unpaired) electrons. The lowest BCUT2D eigenvalue weighted by molar-refractivity contribution is -0.127. The summed E-state index contributed by atoms with van der Waals surface area (Å²) in [5.41, 5.74) is 0.114. The van der Waals surface area contributed by atoms with E-state index >= 15 is 0 Å². The highest BCUT2D eigenvalue weighted by atomic mass is 16.3. The van der Waals surface area contributed by atoms with Gasteiger partial charge in [0, 0.05) is 5.57 Å². The molecular weight excluding hydrogens is 160 g/mol. The monoisotopic (exact) mass is 168 g/mol. The van der Waals surface area contributed by atoms with Gasteiger partial charge >= 0.3 is 0 Å². The molecule has 0 heterocycles. The SMILES string of the molecule is O=CC(=O)C1=CC(O)C(O)C=C1. The molecule has 0 aliphatic heterocycles. The molecule has 1 aliphatic rings. The molecular formula is C8H8O4. The van der Waals surface area contributed by atoms with Crippen LogP contribution in [0.15, 0.2) is 23.8 Å². The van der Waals surface area contributed by atoms with Crippen molar-refractivity contribution < 1.29 is 19.8 Å². The fraction of sp³-hybridized carbons (Fsp3) is 0.250. The van der Waals surface area contributed by atoms with Crippen molar-refractivity contribution in [3.63, 3.8) is 0 Å². The average Bonchev–Trinajstić information content (AvgIpc) is 2.08. The van der Waals surface area contributed by atoms with Gasteiger partial charge in [-0.25, -0.2) is 0 Å². The molecule has 0 aromatic rings. The van der Waals surface area contributed by atoms with Crippen LogP contribution in [0.25, 0.3) is 0 Å². The number of allylic oxidation sites excluding steroid dienone is 2. The summed E-state index contributed by atoms with van der Waals surface area (Å²) in [5, 5.41) is 18.0. The van der Waals surface area contributed by atoms with Crippen LogP contribution in [0.5, 0.6) is 0 Å². The first-order valence-electron chi connectivity index (χ1n) is 3.41. The number of carbonyl (C=O) groups excluding carboxylic acids is 2. The quantitative estimate of drug-likeness (QED) is 0.408. The molecule has 1 rings (SSSR count). The van der Waals surface area contributed by atoms with Gasteiger partial charge in [-0.1, -0.05) is 12.2 Å². The molecule has 0 saturated heterocycles. The Morgan fingerprint density at radius 1 is 1.42 bits per heavy atom. The first kappa shape index (κ1) is 8.83. The van der Waals surface area contributed by atoms with Crippen LogP contribution in [0.1, 0.15) is 0 Å². The maximum Gasteiger partial charge on any atom is 0.225 e. The Morgan fingerprint density at radius 2 is 2.08 bits per heavy atom. The molecule has 2 N–H and O–H groups in total. The predicted octanol–water partition coefficient (Wildman–Crippen LogP) is -1.03. The Morgan fingerprint density at radius 3 is 2.58 bits per heavy atom. The zero-order valence-corrected chi connectivity index (χ0v) is 6.18. The lowest BCUT2D eigenvalue weighted by atomic mass is 10.0. The molecule has 64 valence electrons. The smallest absolute Gasteiger partial charge is 0.225 e. The van der Waals surface area contributed by atoms with Gasteiger partial charge in [-0.3, -0.25) is 9.59 Å². The third kappa shape index (κ3) is 1.66. The molecule has 0 bridgehead atoms. The number of aldehydes is 1. The minimum absolute atomic E-state index is 0.114. The van der Waals surface area contributed by atoms with E-state index in [2.05, 4.69) is 0 Å². The number of hydrogen-bond acceptors (Lipinski definition) is 4. The molecule has 0 aromatic carbocycles. The molecule has 4 heteroatoms. The van der Waals surface area contributed by atoms with Crippen molar-refractivity contribution in [1.29, 1.82) is 0 Å². The van der Waals surface area contributed by atoms with Crippen molar-refractivity contribution in [2.75, 3.05) is 0 Å². The normalized spacial score (nSPS) is 28.0. The number of Topliss-reactive ketones (excluding diaryl/α,β-unsaturated/α-hetero) is 1. The molecule has 0 amide bonds. The third-order valence-electron chi connectivity index (χ3n) is 1.56. The highest BCUT2D eigenvalue weighted by Gasteiger charge is 2.18. The van der Waals surface area contributed by atoms with E-state index in [1.165, 1.54) is 12.2 Å². The van der Waals surface area contributed by atoms with Gasteiger partial charge in [0.25, 0.3) is 0 Å². The number of rotatable bonds is 2. The minimum atomic E-state index is -1.10. The van der Waals surface area contributed by atoms with E-state index in [4.69, 9.17) is 10.2 Å². The Balaban J connectivity index is 2.82. The van der Waals surface area contributed by atoms with Gasteiger partial charge in [-0.15, -0.1) is 0 Å². The van der Waals surface area contributed by atoms with Crippen LogP contribution in [0.4, 0.5) is 0 Å². The Labute approximate surface area is 68.8 Å². The van der Waals surface area contributed by atoms with Crippen LogP contribution in [0, 0.1) is 0 Å². The van der Waals surface area contributed by atoms with Gasteiger partial charge in [-0.05, 0) is 6.08 Å². The average molecular weight is 168 g/mol. The summed E-state index contributed by atoms with van der Waals surface area (Å²) in [6.45, 7) is 0. The van der Waals surface area contributed by atoms with E-state index in [1.807, 2.05) is 0 Å². The van der Waals surface area contributed by atoms with Gasteiger partial charge in [0.2, 0.25) is 5.78 Å². The molecule has 1 aliphatic carbocycles. The van der Waals surface area contributed by atoms with Crippen molar-refractivity contribution >= 4 is 12.1 Å². The molecule has 4 nitrogen and oxygen atoms in total. The summed E-state index contributed by atoms with van der Waals surface area (Å²) in [4.78, 5) is 20.8. The molecule has 0 spiro atoms. The summed E-state index contributed by atoms with van der Waals surface area (Å²) in [7, 11) is 0. The van der Waals surface area contributed by atoms with E-state index in [0.29, 0.717) is 0 Å². The molecule has 0 aromatic heterocycles. The van der Waals surface area contributed by atoms with Gasteiger partial charge in [-0.2, -0.15) is 0 Å². The number of ketones is 1. The Bertz CT molecular complexity index is 264. The lowest BCUT2D eigenvalue weighted by Crippen LogP contribution is -2.25. The van der Waals surface area contributed by atoms with Crippen LogP contribution in [0.2, 0.25) is 0 Å². The molecule has 0 fully saturated rings. The highest BCUT2D eigenvalue weighted by Crippen LogP contribution is 2.11. The standard InChI is InChI=1S/C8H8O4/c9-4-8(12)5-1-2-6(10)7(11)3-5/h1-4,6-7,10-11H. The first-order chi connectivity index (χ1) is 5.65. The molecule has 0 saturated carbocycles. The van der Waals surface area contributed by atoms with Crippen molar-refractivity contribution in [3.8, 4) is 0 Å². The van der Waals surface area contributed by atoms with E-state index in [1.54, 1.807) is 0 Å².